The van der Waals surface area contributed by atoms with Crippen LogP contribution in [0.4, 0.5) is 0 Å². The maximum Gasteiger partial charge on any atom is 0.328 e. The van der Waals surface area contributed by atoms with Crippen LogP contribution in [0.2, 0.25) is 0 Å². The second-order valence-electron chi connectivity index (χ2n) is 1.93. The van der Waals surface area contributed by atoms with Gasteiger partial charge in [-0.25, -0.2) is 14.5 Å². The van der Waals surface area contributed by atoms with Gasteiger partial charge in [0.2, 0.25) is 0 Å². The third-order valence-electron chi connectivity index (χ3n) is 1.05. The fourth-order valence-corrected chi connectivity index (χ4v) is 1.16. The molecular weight excluding hydrogens is 178 g/mol. The molecule has 0 aliphatic rings. The van der Waals surface area contributed by atoms with Crippen molar-refractivity contribution in [2.24, 2.45) is 7.05 Å². The number of nitrogens with zero attached hydrogens (tertiary/aromatic N) is 3. The topological polar surface area (TPSA) is 68.0 Å². The van der Waals surface area contributed by atoms with E-state index < -0.39 is 5.97 Å². The van der Waals surface area contributed by atoms with E-state index in [1.807, 2.05) is 0 Å². The zero-order valence-electron chi connectivity index (χ0n) is 6.34. The molecule has 0 aromatic carbocycles. The molecule has 0 aliphatic carbocycles. The van der Waals surface area contributed by atoms with E-state index in [4.69, 9.17) is 5.11 Å². The van der Waals surface area contributed by atoms with Crippen molar-refractivity contribution >= 4 is 17.7 Å². The number of aromatic nitrogens is 3. The molecule has 6 heteroatoms. The summed E-state index contributed by atoms with van der Waals surface area (Å²) in [6.07, 6.45) is 2.47. The lowest BCUT2D eigenvalue weighted by Gasteiger charge is -1.91. The van der Waals surface area contributed by atoms with Gasteiger partial charge >= 0.3 is 5.97 Å². The number of aliphatic carboxylic acids is 1. The SMILES string of the molecule is Cn1ncnc1S/C=C/C(=O)O. The lowest BCUT2D eigenvalue weighted by Crippen LogP contribution is -1.91. The van der Waals surface area contributed by atoms with Gasteiger partial charge in [-0.1, -0.05) is 11.8 Å². The van der Waals surface area contributed by atoms with Gasteiger partial charge in [-0.15, -0.1) is 0 Å². The Balaban J connectivity index is 2.54. The predicted molar refractivity (Wildman–Crippen MR) is 43.6 cm³/mol. The Morgan fingerprint density at radius 3 is 3.08 bits per heavy atom. The van der Waals surface area contributed by atoms with E-state index in [0.29, 0.717) is 5.16 Å². The van der Waals surface area contributed by atoms with Crippen molar-refractivity contribution in [2.45, 2.75) is 5.16 Å². The minimum absolute atomic E-state index is 0.660. The Morgan fingerprint density at radius 2 is 2.58 bits per heavy atom. The van der Waals surface area contributed by atoms with Gasteiger partial charge in [0, 0.05) is 13.1 Å². The maximum atomic E-state index is 10.1. The van der Waals surface area contributed by atoms with Crippen LogP contribution in [0.1, 0.15) is 0 Å². The Kier molecular flexibility index (Phi) is 2.87. The first-order valence-corrected chi connectivity index (χ1v) is 3.98. The second kappa shape index (κ2) is 3.91. The average molecular weight is 185 g/mol. The number of aryl methyl sites for hydroxylation is 1. The standard InChI is InChI=1S/C6H7N3O2S/c1-9-6(7-4-8-9)12-3-2-5(10)11/h2-4H,1H3,(H,10,11)/b3-2+. The summed E-state index contributed by atoms with van der Waals surface area (Å²) in [7, 11) is 1.74. The molecule has 0 saturated carbocycles. The van der Waals surface area contributed by atoms with Crippen molar-refractivity contribution in [2.75, 3.05) is 0 Å². The molecule has 1 aromatic heterocycles. The Labute approximate surface area is 73.1 Å². The van der Waals surface area contributed by atoms with E-state index in [0.717, 1.165) is 6.08 Å². The first kappa shape index (κ1) is 8.79. The molecule has 0 aliphatic heterocycles. The van der Waals surface area contributed by atoms with E-state index in [2.05, 4.69) is 10.1 Å². The number of rotatable bonds is 3. The van der Waals surface area contributed by atoms with Crippen LogP contribution in [0.15, 0.2) is 23.0 Å². The summed E-state index contributed by atoms with van der Waals surface area (Å²) < 4.78 is 1.57. The molecule has 1 aromatic rings. The van der Waals surface area contributed by atoms with Crippen LogP contribution in [0.5, 0.6) is 0 Å². The molecule has 12 heavy (non-hydrogen) atoms. The van der Waals surface area contributed by atoms with E-state index in [9.17, 15) is 4.79 Å². The van der Waals surface area contributed by atoms with Crippen molar-refractivity contribution in [3.05, 3.63) is 17.8 Å². The van der Waals surface area contributed by atoms with Gasteiger partial charge in [0.05, 0.1) is 0 Å². The molecule has 0 bridgehead atoms. The lowest BCUT2D eigenvalue weighted by molar-refractivity contribution is -0.131. The van der Waals surface area contributed by atoms with Crippen LogP contribution in [0, 0.1) is 0 Å². The average Bonchev–Trinajstić information content (AvgIpc) is 2.36. The quantitative estimate of drug-likeness (QED) is 0.548. The van der Waals surface area contributed by atoms with Crippen molar-refractivity contribution < 1.29 is 9.90 Å². The number of carboxylic acid groups (broad SMARTS) is 1. The predicted octanol–water partition coefficient (Wildman–Crippen LogP) is 0.506. The Hall–Kier alpha value is -1.30. The first-order valence-electron chi connectivity index (χ1n) is 3.10. The Bertz CT molecular complexity index is 307. The minimum atomic E-state index is -0.968. The molecule has 0 saturated heterocycles. The Morgan fingerprint density at radius 1 is 1.83 bits per heavy atom. The molecule has 0 amide bonds. The van der Waals surface area contributed by atoms with E-state index >= 15 is 0 Å². The fraction of sp³-hybridized carbons (Fsp3) is 0.167. The molecule has 0 spiro atoms. The van der Waals surface area contributed by atoms with Crippen LogP contribution in [-0.2, 0) is 11.8 Å². The van der Waals surface area contributed by atoms with Crippen LogP contribution < -0.4 is 0 Å². The van der Waals surface area contributed by atoms with E-state index in [1.165, 1.54) is 23.5 Å². The van der Waals surface area contributed by atoms with Crippen molar-refractivity contribution in [3.63, 3.8) is 0 Å². The summed E-state index contributed by atoms with van der Waals surface area (Å²) in [6.45, 7) is 0. The highest BCUT2D eigenvalue weighted by molar-refractivity contribution is 8.02. The third-order valence-corrected chi connectivity index (χ3v) is 1.91. The van der Waals surface area contributed by atoms with Crippen molar-refractivity contribution in [1.82, 2.24) is 14.8 Å². The number of hydrogen-bond acceptors (Lipinski definition) is 4. The van der Waals surface area contributed by atoms with E-state index in [-0.39, 0.29) is 0 Å². The third kappa shape index (κ3) is 2.39. The summed E-state index contributed by atoms with van der Waals surface area (Å²) in [5, 5.41) is 14.2. The van der Waals surface area contributed by atoms with Crippen LogP contribution >= 0.6 is 11.8 Å². The number of carboxylic acids is 1. The molecule has 64 valence electrons. The molecule has 0 radical (unpaired) electrons. The van der Waals surface area contributed by atoms with Gasteiger partial charge in [0.25, 0.3) is 0 Å². The zero-order chi connectivity index (χ0) is 8.97. The van der Waals surface area contributed by atoms with Crippen LogP contribution in [0.25, 0.3) is 0 Å². The summed E-state index contributed by atoms with van der Waals surface area (Å²) in [5.41, 5.74) is 0. The highest BCUT2D eigenvalue weighted by Crippen LogP contribution is 2.13. The maximum absolute atomic E-state index is 10.1. The normalized spacial score (nSPS) is 10.8. The molecular formula is C6H7N3O2S. The molecule has 1 N–H and O–H groups in total. The van der Waals surface area contributed by atoms with Gasteiger partial charge in [-0.2, -0.15) is 5.10 Å². The molecule has 0 fully saturated rings. The molecule has 1 rings (SSSR count). The summed E-state index contributed by atoms with van der Waals surface area (Å²) in [5.74, 6) is -0.968. The highest BCUT2D eigenvalue weighted by atomic mass is 32.2. The highest BCUT2D eigenvalue weighted by Gasteiger charge is 1.97. The molecule has 0 unspecified atom stereocenters. The van der Waals surface area contributed by atoms with Gasteiger partial charge < -0.3 is 5.11 Å². The van der Waals surface area contributed by atoms with Gasteiger partial charge in [0.1, 0.15) is 6.33 Å². The monoisotopic (exact) mass is 185 g/mol. The molecule has 0 atom stereocenters. The number of carbonyl (C=O) groups is 1. The van der Waals surface area contributed by atoms with Gasteiger partial charge in [-0.3, -0.25) is 0 Å². The van der Waals surface area contributed by atoms with E-state index in [1.54, 1.807) is 11.7 Å². The molecule has 5 nitrogen and oxygen atoms in total. The lowest BCUT2D eigenvalue weighted by atomic mass is 10.7. The fourth-order valence-electron chi connectivity index (χ4n) is 0.545. The minimum Gasteiger partial charge on any atom is -0.478 e. The van der Waals surface area contributed by atoms with Crippen molar-refractivity contribution in [3.8, 4) is 0 Å². The largest absolute Gasteiger partial charge is 0.478 e. The number of hydrogen-bond donors (Lipinski definition) is 1. The van der Waals surface area contributed by atoms with Crippen LogP contribution in [0.3, 0.4) is 0 Å². The van der Waals surface area contributed by atoms with Gasteiger partial charge in [0.15, 0.2) is 5.16 Å². The molecule has 1 heterocycles. The van der Waals surface area contributed by atoms with Crippen molar-refractivity contribution in [1.29, 1.82) is 0 Å². The van der Waals surface area contributed by atoms with Crippen LogP contribution in [-0.4, -0.2) is 25.8 Å². The zero-order valence-corrected chi connectivity index (χ0v) is 7.15. The smallest absolute Gasteiger partial charge is 0.328 e. The summed E-state index contributed by atoms with van der Waals surface area (Å²) >= 11 is 1.21. The summed E-state index contributed by atoms with van der Waals surface area (Å²) in [4.78, 5) is 14.0. The van der Waals surface area contributed by atoms with Gasteiger partial charge in [-0.05, 0) is 5.41 Å². The summed E-state index contributed by atoms with van der Waals surface area (Å²) in [6, 6.07) is 0. The second-order valence-corrected chi connectivity index (χ2v) is 2.80. The first-order chi connectivity index (χ1) is 5.70. The number of thioether (sulfide) groups is 1.